The lowest BCUT2D eigenvalue weighted by atomic mass is 9.98. The molecule has 6 rings (SSSR count). The summed E-state index contributed by atoms with van der Waals surface area (Å²) >= 11 is 0. The summed E-state index contributed by atoms with van der Waals surface area (Å²) in [4.78, 5) is 22.3. The van der Waals surface area contributed by atoms with Gasteiger partial charge >= 0.3 is 5.97 Å². The van der Waals surface area contributed by atoms with E-state index in [2.05, 4.69) is 90.7 Å². The van der Waals surface area contributed by atoms with Crippen LogP contribution in [0.1, 0.15) is 59.5 Å². The number of hydrogen-bond donors (Lipinski definition) is 0. The smallest absolute Gasteiger partial charge is 0.338 e. The summed E-state index contributed by atoms with van der Waals surface area (Å²) in [6, 6.07) is 20.4. The fraction of sp³-hybridized carbons (Fsp3) is 0.250. The predicted molar refractivity (Wildman–Crippen MR) is 172 cm³/mol. The zero-order chi connectivity index (χ0) is 29.8. The highest BCUT2D eigenvalue weighted by molar-refractivity contribution is 5.97. The molecule has 2 heterocycles. The van der Waals surface area contributed by atoms with Crippen molar-refractivity contribution in [2.24, 2.45) is 7.05 Å². The Labute approximate surface area is 248 Å². The second-order valence-corrected chi connectivity index (χ2v) is 10.2. The summed E-state index contributed by atoms with van der Waals surface area (Å²) in [5.74, 6) is 1.69. The Hall–Kier alpha value is -4.71. The number of aryl methyl sites for hydroxylation is 2. The molecule has 0 fully saturated rings. The molecule has 3 aromatic carbocycles. The van der Waals surface area contributed by atoms with Crippen molar-refractivity contribution in [1.29, 1.82) is 0 Å². The van der Waals surface area contributed by atoms with Gasteiger partial charge in [0.05, 0.1) is 35.1 Å². The van der Waals surface area contributed by atoms with Crippen LogP contribution < -0.4 is 0 Å². The van der Waals surface area contributed by atoms with Gasteiger partial charge in [0.1, 0.15) is 11.6 Å². The third-order valence-corrected chi connectivity index (χ3v) is 7.66. The van der Waals surface area contributed by atoms with E-state index in [9.17, 15) is 4.79 Å². The van der Waals surface area contributed by atoms with Crippen LogP contribution in [0.3, 0.4) is 0 Å². The van der Waals surface area contributed by atoms with Crippen LogP contribution in [0.25, 0.3) is 39.6 Å². The molecule has 0 atom stereocenters. The maximum absolute atomic E-state index is 12.3. The Morgan fingerprint density at radius 1 is 0.976 bits per heavy atom. The minimum atomic E-state index is -0.333. The summed E-state index contributed by atoms with van der Waals surface area (Å²) in [7, 11) is 3.50. The zero-order valence-electron chi connectivity index (χ0n) is 25.3. The number of imidazole rings is 2. The first-order valence-electron chi connectivity index (χ1n) is 14.6. The minimum absolute atomic E-state index is 0.333. The molecule has 0 bridgehead atoms. The number of methoxy groups -OCH3 is 1. The van der Waals surface area contributed by atoms with Crippen molar-refractivity contribution in [3.8, 4) is 22.5 Å². The van der Waals surface area contributed by atoms with Crippen molar-refractivity contribution in [1.82, 2.24) is 19.1 Å². The standard InChI is InChI=1S/C34H32N4O2.C2H6/c1-5-31-36-32-22(2)19-25(33-35-28-13-7-6-8-14-29(28)37(33)3)20-30(32)38(31)21-23-15-17-24(18-16-23)26-11-9-10-12-27(26)34(39)40-4;1-2/h6-12,14-20H,5,13,21H2,1-4H3;1-2H3. The van der Waals surface area contributed by atoms with Gasteiger partial charge in [-0.3, -0.25) is 0 Å². The Morgan fingerprint density at radius 3 is 2.48 bits per heavy atom. The van der Waals surface area contributed by atoms with E-state index < -0.39 is 0 Å². The first-order valence-corrected chi connectivity index (χ1v) is 14.6. The maximum Gasteiger partial charge on any atom is 0.338 e. The van der Waals surface area contributed by atoms with E-state index in [1.54, 1.807) is 6.07 Å². The molecule has 0 spiro atoms. The third-order valence-electron chi connectivity index (χ3n) is 7.66. The average molecular weight is 559 g/mol. The van der Waals surface area contributed by atoms with E-state index >= 15 is 0 Å². The molecular formula is C36H38N4O2. The van der Waals surface area contributed by atoms with Crippen LogP contribution in [0.5, 0.6) is 0 Å². The number of aromatic nitrogens is 4. The monoisotopic (exact) mass is 558 g/mol. The molecule has 0 amide bonds. The van der Waals surface area contributed by atoms with Gasteiger partial charge in [0.25, 0.3) is 0 Å². The van der Waals surface area contributed by atoms with Gasteiger partial charge in [0.15, 0.2) is 0 Å². The van der Waals surface area contributed by atoms with Gasteiger partial charge in [-0.2, -0.15) is 0 Å². The van der Waals surface area contributed by atoms with Crippen LogP contribution in [0, 0.1) is 6.92 Å². The van der Waals surface area contributed by atoms with Crippen molar-refractivity contribution in [2.45, 2.75) is 47.1 Å². The zero-order valence-corrected chi connectivity index (χ0v) is 25.3. The van der Waals surface area contributed by atoms with Gasteiger partial charge in [-0.15, -0.1) is 0 Å². The van der Waals surface area contributed by atoms with Gasteiger partial charge in [-0.1, -0.05) is 81.5 Å². The summed E-state index contributed by atoms with van der Waals surface area (Å²) in [5.41, 5.74) is 10.2. The molecule has 2 aromatic heterocycles. The van der Waals surface area contributed by atoms with Gasteiger partial charge in [0, 0.05) is 32.0 Å². The molecule has 0 N–H and O–H groups in total. The maximum atomic E-state index is 12.3. The summed E-state index contributed by atoms with van der Waals surface area (Å²) < 4.78 is 9.49. The summed E-state index contributed by atoms with van der Waals surface area (Å²) in [5, 5.41) is 0. The minimum Gasteiger partial charge on any atom is -0.465 e. The lowest BCUT2D eigenvalue weighted by Gasteiger charge is -2.12. The Morgan fingerprint density at radius 2 is 1.74 bits per heavy atom. The fourth-order valence-electron chi connectivity index (χ4n) is 5.60. The number of benzene rings is 3. The van der Waals surface area contributed by atoms with Crippen molar-refractivity contribution in [2.75, 3.05) is 7.11 Å². The van der Waals surface area contributed by atoms with Gasteiger partial charge in [0.2, 0.25) is 0 Å². The topological polar surface area (TPSA) is 61.9 Å². The van der Waals surface area contributed by atoms with Crippen LogP contribution in [0.4, 0.5) is 0 Å². The van der Waals surface area contributed by atoms with Crippen LogP contribution >= 0.6 is 0 Å². The normalized spacial score (nSPS) is 12.0. The highest BCUT2D eigenvalue weighted by Gasteiger charge is 2.19. The molecule has 42 heavy (non-hydrogen) atoms. The van der Waals surface area contributed by atoms with E-state index in [4.69, 9.17) is 14.7 Å². The SMILES string of the molecule is CC.CCc1nc2c(C)cc(-c3nc4c(n3C)C=CC=CC4)cc2n1Cc1ccc(-c2ccccc2C(=O)OC)cc1. The Kier molecular flexibility index (Phi) is 8.53. The number of hydrogen-bond acceptors (Lipinski definition) is 4. The number of fused-ring (bicyclic) bond motifs is 2. The molecule has 0 saturated carbocycles. The van der Waals surface area contributed by atoms with Crippen LogP contribution in [-0.2, 0) is 31.2 Å². The molecule has 0 saturated heterocycles. The van der Waals surface area contributed by atoms with Gasteiger partial charge in [-0.25, -0.2) is 14.8 Å². The van der Waals surface area contributed by atoms with Gasteiger partial charge in [-0.05, 0) is 53.5 Å². The van der Waals surface area contributed by atoms with Crippen LogP contribution in [-0.4, -0.2) is 32.2 Å². The largest absolute Gasteiger partial charge is 0.465 e. The number of allylic oxidation sites excluding steroid dienone is 3. The highest BCUT2D eigenvalue weighted by atomic mass is 16.5. The van der Waals surface area contributed by atoms with Crippen molar-refractivity contribution in [3.05, 3.63) is 113 Å². The molecule has 0 radical (unpaired) electrons. The predicted octanol–water partition coefficient (Wildman–Crippen LogP) is 7.96. The fourth-order valence-corrected chi connectivity index (χ4v) is 5.60. The van der Waals surface area contributed by atoms with E-state index in [-0.39, 0.29) is 5.97 Å². The van der Waals surface area contributed by atoms with Crippen LogP contribution in [0.2, 0.25) is 0 Å². The lowest BCUT2D eigenvalue weighted by molar-refractivity contribution is 0.0601. The number of nitrogens with zero attached hydrogens (tertiary/aromatic N) is 4. The first-order chi connectivity index (χ1) is 20.5. The molecule has 1 aliphatic rings. The molecular weight excluding hydrogens is 520 g/mol. The number of ether oxygens (including phenoxy) is 1. The molecule has 6 nitrogen and oxygen atoms in total. The third kappa shape index (κ3) is 5.32. The number of esters is 1. The average Bonchev–Trinajstić information content (AvgIpc) is 3.43. The Bertz CT molecular complexity index is 1800. The quantitative estimate of drug-likeness (QED) is 0.198. The van der Waals surface area contributed by atoms with Crippen molar-refractivity contribution in [3.63, 3.8) is 0 Å². The van der Waals surface area contributed by atoms with Crippen LogP contribution in [0.15, 0.2) is 78.9 Å². The van der Waals surface area contributed by atoms with E-state index in [0.29, 0.717) is 12.1 Å². The highest BCUT2D eigenvalue weighted by Crippen LogP contribution is 2.31. The molecule has 6 heteroatoms. The van der Waals surface area contributed by atoms with E-state index in [1.165, 1.54) is 7.11 Å². The Balaban J connectivity index is 0.00000173. The van der Waals surface area contributed by atoms with Gasteiger partial charge < -0.3 is 13.9 Å². The van der Waals surface area contributed by atoms with Crippen molar-refractivity contribution < 1.29 is 9.53 Å². The second kappa shape index (κ2) is 12.4. The van der Waals surface area contributed by atoms with Crippen molar-refractivity contribution >= 4 is 23.1 Å². The summed E-state index contributed by atoms with van der Waals surface area (Å²) in [6.07, 6.45) is 10.1. The lowest BCUT2D eigenvalue weighted by Crippen LogP contribution is -2.05. The molecule has 5 aromatic rings. The molecule has 214 valence electrons. The van der Waals surface area contributed by atoms with E-state index in [0.717, 1.165) is 74.7 Å². The first kappa shape index (κ1) is 28.8. The van der Waals surface area contributed by atoms with E-state index in [1.807, 2.05) is 32.0 Å². The number of carbonyl (C=O) groups excluding carboxylic acids is 1. The molecule has 0 unspecified atom stereocenters. The number of carbonyl (C=O) groups is 1. The number of rotatable bonds is 6. The second-order valence-electron chi connectivity index (χ2n) is 10.2. The molecule has 0 aliphatic heterocycles. The summed E-state index contributed by atoms with van der Waals surface area (Å²) in [6.45, 7) is 8.98. The molecule has 1 aliphatic carbocycles.